The van der Waals surface area contributed by atoms with E-state index in [1.165, 1.54) is 17.1 Å². The summed E-state index contributed by atoms with van der Waals surface area (Å²) in [6.07, 6.45) is 3.81. The summed E-state index contributed by atoms with van der Waals surface area (Å²) in [5.74, 6) is -0.508. The van der Waals surface area contributed by atoms with Gasteiger partial charge in [0.15, 0.2) is 0 Å². The average Bonchev–Trinajstić information content (AvgIpc) is 2.42. The molecule has 1 aliphatic rings. The monoisotopic (exact) mass is 183 g/mol. The predicted molar refractivity (Wildman–Crippen MR) is 46.8 cm³/mol. The fourth-order valence-corrected chi connectivity index (χ4v) is 1.36. The Kier molecular flexibility index (Phi) is 3.19. The number of carbonyl (C=O) groups excluding carboxylic acids is 2. The van der Waals surface area contributed by atoms with Crippen molar-refractivity contribution >= 4 is 11.8 Å². The second-order valence-corrected chi connectivity index (χ2v) is 3.09. The molecule has 0 aromatic carbocycles. The molecule has 0 bridgehead atoms. The molecule has 13 heavy (non-hydrogen) atoms. The average molecular weight is 183 g/mol. The second-order valence-electron chi connectivity index (χ2n) is 3.09. The van der Waals surface area contributed by atoms with Gasteiger partial charge in [-0.2, -0.15) is 0 Å². The topological polar surface area (TPSA) is 57.6 Å². The Balaban J connectivity index is 2.51. The summed E-state index contributed by atoms with van der Waals surface area (Å²) >= 11 is 0. The van der Waals surface area contributed by atoms with Crippen molar-refractivity contribution in [2.45, 2.75) is 25.8 Å². The van der Waals surface area contributed by atoms with Crippen LogP contribution in [0, 0.1) is 0 Å². The lowest BCUT2D eigenvalue weighted by molar-refractivity contribution is -0.139. The summed E-state index contributed by atoms with van der Waals surface area (Å²) in [6, 6.07) is -0.123. The van der Waals surface area contributed by atoms with Gasteiger partial charge in [-0.1, -0.05) is 0 Å². The van der Waals surface area contributed by atoms with Gasteiger partial charge >= 0.3 is 0 Å². The number of amides is 2. The van der Waals surface area contributed by atoms with Gasteiger partial charge < -0.3 is 5.11 Å². The summed E-state index contributed by atoms with van der Waals surface area (Å²) < 4.78 is 0. The maximum atomic E-state index is 11.1. The maximum Gasteiger partial charge on any atom is 0.253 e. The van der Waals surface area contributed by atoms with E-state index >= 15 is 0 Å². The first-order chi connectivity index (χ1) is 6.16. The lowest BCUT2D eigenvalue weighted by Gasteiger charge is -2.21. The van der Waals surface area contributed by atoms with Crippen LogP contribution in [0.4, 0.5) is 0 Å². The molecule has 0 radical (unpaired) electrons. The number of rotatable bonds is 4. The minimum Gasteiger partial charge on any atom is -0.396 e. The Morgan fingerprint density at radius 3 is 2.38 bits per heavy atom. The zero-order chi connectivity index (χ0) is 9.84. The Morgan fingerprint density at radius 1 is 1.38 bits per heavy atom. The molecule has 4 heteroatoms. The van der Waals surface area contributed by atoms with Crippen molar-refractivity contribution < 1.29 is 14.7 Å². The van der Waals surface area contributed by atoms with Crippen LogP contribution in [0.15, 0.2) is 12.2 Å². The molecule has 4 nitrogen and oxygen atoms in total. The summed E-state index contributed by atoms with van der Waals surface area (Å²) in [7, 11) is 0. The van der Waals surface area contributed by atoms with E-state index in [-0.39, 0.29) is 24.5 Å². The number of aliphatic hydroxyl groups excluding tert-OH is 1. The fraction of sp³-hybridized carbons (Fsp3) is 0.556. The smallest absolute Gasteiger partial charge is 0.253 e. The summed E-state index contributed by atoms with van der Waals surface area (Å²) in [5, 5.41) is 8.59. The third-order valence-corrected chi connectivity index (χ3v) is 2.06. The van der Waals surface area contributed by atoms with Crippen molar-refractivity contribution in [1.82, 2.24) is 4.90 Å². The molecule has 0 aliphatic carbocycles. The predicted octanol–water partition coefficient (Wildman–Crippen LogP) is 0.0724. The molecule has 72 valence electrons. The summed E-state index contributed by atoms with van der Waals surface area (Å²) in [6.45, 7) is 1.90. The van der Waals surface area contributed by atoms with Gasteiger partial charge in [0.1, 0.15) is 0 Å². The highest BCUT2D eigenvalue weighted by molar-refractivity contribution is 6.13. The highest BCUT2D eigenvalue weighted by Crippen LogP contribution is 2.12. The number of nitrogens with zero attached hydrogens (tertiary/aromatic N) is 1. The van der Waals surface area contributed by atoms with Crippen LogP contribution in [-0.4, -0.2) is 34.5 Å². The van der Waals surface area contributed by atoms with Gasteiger partial charge in [-0.15, -0.1) is 0 Å². The van der Waals surface area contributed by atoms with Gasteiger partial charge in [-0.05, 0) is 19.8 Å². The largest absolute Gasteiger partial charge is 0.396 e. The lowest BCUT2D eigenvalue weighted by atomic mass is 10.1. The van der Waals surface area contributed by atoms with E-state index in [0.29, 0.717) is 12.8 Å². The van der Waals surface area contributed by atoms with E-state index in [0.717, 1.165) is 0 Å². The van der Waals surface area contributed by atoms with E-state index in [1.54, 1.807) is 6.92 Å². The van der Waals surface area contributed by atoms with Crippen molar-refractivity contribution in [2.24, 2.45) is 0 Å². The molecule has 1 unspecified atom stereocenters. The van der Waals surface area contributed by atoms with Gasteiger partial charge in [0, 0.05) is 24.8 Å². The van der Waals surface area contributed by atoms with E-state index in [9.17, 15) is 9.59 Å². The first kappa shape index (κ1) is 9.92. The molecule has 2 amide bonds. The van der Waals surface area contributed by atoms with Crippen LogP contribution in [-0.2, 0) is 9.59 Å². The van der Waals surface area contributed by atoms with Gasteiger partial charge in [-0.25, -0.2) is 0 Å². The third-order valence-electron chi connectivity index (χ3n) is 2.06. The molecule has 0 spiro atoms. The van der Waals surface area contributed by atoms with Gasteiger partial charge in [0.05, 0.1) is 0 Å². The number of hydrogen-bond donors (Lipinski definition) is 1. The number of imide groups is 1. The first-order valence-corrected chi connectivity index (χ1v) is 4.33. The highest BCUT2D eigenvalue weighted by atomic mass is 16.3. The Bertz CT molecular complexity index is 229. The summed E-state index contributed by atoms with van der Waals surface area (Å²) in [4.78, 5) is 23.5. The zero-order valence-electron chi connectivity index (χ0n) is 7.56. The lowest BCUT2D eigenvalue weighted by Crippen LogP contribution is -2.38. The van der Waals surface area contributed by atoms with Gasteiger partial charge in [0.2, 0.25) is 0 Å². The van der Waals surface area contributed by atoms with E-state index < -0.39 is 0 Å². The van der Waals surface area contributed by atoms with Crippen molar-refractivity contribution in [3.8, 4) is 0 Å². The Morgan fingerprint density at radius 2 is 1.92 bits per heavy atom. The van der Waals surface area contributed by atoms with Crippen LogP contribution in [0.2, 0.25) is 0 Å². The first-order valence-electron chi connectivity index (χ1n) is 4.33. The highest BCUT2D eigenvalue weighted by Gasteiger charge is 2.27. The third kappa shape index (κ3) is 2.15. The normalized spacial score (nSPS) is 18.5. The maximum absolute atomic E-state index is 11.1. The van der Waals surface area contributed by atoms with Crippen molar-refractivity contribution in [2.75, 3.05) is 6.61 Å². The molecule has 0 aromatic heterocycles. The van der Waals surface area contributed by atoms with Crippen LogP contribution in [0.1, 0.15) is 19.8 Å². The number of hydrogen-bond acceptors (Lipinski definition) is 3. The number of aliphatic hydroxyl groups is 1. The van der Waals surface area contributed by atoms with Gasteiger partial charge in [-0.3, -0.25) is 14.5 Å². The minimum absolute atomic E-state index is 0.0913. The van der Waals surface area contributed by atoms with Crippen LogP contribution < -0.4 is 0 Å². The van der Waals surface area contributed by atoms with E-state index in [2.05, 4.69) is 0 Å². The Labute approximate surface area is 76.8 Å². The fourth-order valence-electron chi connectivity index (χ4n) is 1.36. The van der Waals surface area contributed by atoms with Crippen LogP contribution in [0.25, 0.3) is 0 Å². The van der Waals surface area contributed by atoms with Crippen molar-refractivity contribution in [3.05, 3.63) is 12.2 Å². The van der Waals surface area contributed by atoms with Crippen molar-refractivity contribution in [3.63, 3.8) is 0 Å². The molecule has 1 rings (SSSR count). The molecule has 0 saturated carbocycles. The zero-order valence-corrected chi connectivity index (χ0v) is 7.56. The molecule has 1 heterocycles. The van der Waals surface area contributed by atoms with Crippen molar-refractivity contribution in [1.29, 1.82) is 0 Å². The number of carbonyl (C=O) groups is 2. The van der Waals surface area contributed by atoms with Crippen LogP contribution in [0.5, 0.6) is 0 Å². The second kappa shape index (κ2) is 4.18. The van der Waals surface area contributed by atoms with E-state index in [4.69, 9.17) is 5.11 Å². The molecule has 0 aromatic rings. The molecule has 0 saturated heterocycles. The Hall–Kier alpha value is -1.16. The molecule has 1 N–H and O–H groups in total. The van der Waals surface area contributed by atoms with Crippen LogP contribution in [0.3, 0.4) is 0 Å². The molecule has 0 fully saturated rings. The molecule has 1 atom stereocenters. The standard InChI is InChI=1S/C9H13NO3/c1-7(3-2-6-11)10-8(12)4-5-9(10)13/h4-5,7,11H,2-3,6H2,1H3. The SMILES string of the molecule is CC(CCCO)N1C(=O)C=CC1=O. The quantitative estimate of drug-likeness (QED) is 0.627. The van der Waals surface area contributed by atoms with E-state index in [1.807, 2.05) is 0 Å². The summed E-state index contributed by atoms with van der Waals surface area (Å²) in [5.41, 5.74) is 0. The molecule has 1 aliphatic heterocycles. The van der Waals surface area contributed by atoms with Crippen LogP contribution >= 0.6 is 0 Å². The molecular formula is C9H13NO3. The van der Waals surface area contributed by atoms with Gasteiger partial charge in [0.25, 0.3) is 11.8 Å². The minimum atomic E-state index is -0.254. The molecular weight excluding hydrogens is 170 g/mol.